The first-order chi connectivity index (χ1) is 13.9. The summed E-state index contributed by atoms with van der Waals surface area (Å²) in [5, 5.41) is 0. The molecule has 0 N–H and O–H groups in total. The van der Waals surface area contributed by atoms with E-state index in [1.54, 1.807) is 0 Å². The molecule has 2 atom stereocenters. The number of fused-ring (bicyclic) bond motifs is 1. The Labute approximate surface area is 187 Å². The Bertz CT molecular complexity index is 1030. The molecule has 0 amide bonds. The molecule has 2 unspecified atom stereocenters. The van der Waals surface area contributed by atoms with E-state index in [2.05, 4.69) is 137 Å². The van der Waals surface area contributed by atoms with Gasteiger partial charge in [0.1, 0.15) is 0 Å². The third-order valence-corrected chi connectivity index (χ3v) is 7.56. The Balaban J connectivity index is 1.86. The van der Waals surface area contributed by atoms with E-state index in [1.807, 2.05) is 0 Å². The van der Waals surface area contributed by atoms with E-state index in [4.69, 9.17) is 0 Å². The molecule has 0 saturated heterocycles. The summed E-state index contributed by atoms with van der Waals surface area (Å²) >= 11 is 2.23. The van der Waals surface area contributed by atoms with Crippen LogP contribution in [0.5, 0.6) is 0 Å². The summed E-state index contributed by atoms with van der Waals surface area (Å²) in [5.74, 6) is 0.264. The predicted octanol–water partition coefficient (Wildman–Crippen LogP) is 7.00. The Morgan fingerprint density at radius 3 is 2.07 bits per heavy atom. The molecule has 1 nitrogen and oxygen atoms in total. The van der Waals surface area contributed by atoms with Crippen molar-refractivity contribution in [3.63, 3.8) is 0 Å². The molecule has 1 aliphatic rings. The molecular formula is C27H28NTi. The van der Waals surface area contributed by atoms with Gasteiger partial charge in [-0.2, -0.15) is 0 Å². The molecule has 0 radical (unpaired) electrons. The molecule has 3 aromatic rings. The molecule has 0 aromatic heterocycles. The maximum atomic E-state index is 2.47. The summed E-state index contributed by atoms with van der Waals surface area (Å²) in [7, 11) is 0. The average Bonchev–Trinajstić information content (AvgIpc) is 3.12. The summed E-state index contributed by atoms with van der Waals surface area (Å²) in [6, 6.07) is 29.0. The number of hydrogen-bond acceptors (Lipinski definition) is 1. The van der Waals surface area contributed by atoms with Crippen molar-refractivity contribution in [3.8, 4) is 0 Å². The number of benzene rings is 3. The van der Waals surface area contributed by atoms with Crippen LogP contribution in [0.25, 0.3) is 11.6 Å². The van der Waals surface area contributed by atoms with Gasteiger partial charge in [0.15, 0.2) is 0 Å². The van der Waals surface area contributed by atoms with E-state index >= 15 is 0 Å². The second kappa shape index (κ2) is 8.07. The van der Waals surface area contributed by atoms with Gasteiger partial charge in [-0.1, -0.05) is 0 Å². The first kappa shape index (κ1) is 20.4. The van der Waals surface area contributed by atoms with Gasteiger partial charge in [-0.05, 0) is 0 Å². The van der Waals surface area contributed by atoms with Crippen LogP contribution in [0.3, 0.4) is 0 Å². The van der Waals surface area contributed by atoms with Crippen LogP contribution < -0.4 is 0 Å². The standard InChI is InChI=1S/C27H28N.Ti/c1-19(28-27(2,3)4)22-15-10-11-17-24(22)26-23-16-9-8-14-21(23)18-25(26)20-12-6-5-7-13-20;/h5-19,26H,1-4H3;/q-1;+1. The van der Waals surface area contributed by atoms with Gasteiger partial charge < -0.3 is 0 Å². The molecular weight excluding hydrogens is 386 g/mol. The van der Waals surface area contributed by atoms with E-state index in [0.717, 1.165) is 0 Å². The molecule has 0 heterocycles. The van der Waals surface area contributed by atoms with E-state index < -0.39 is 0 Å². The minimum atomic E-state index is 0.109. The Hall–Kier alpha value is -1.93. The van der Waals surface area contributed by atoms with E-state index in [9.17, 15) is 0 Å². The first-order valence-corrected chi connectivity index (χ1v) is 11.0. The first-order valence-electron chi connectivity index (χ1n) is 10.3. The van der Waals surface area contributed by atoms with Gasteiger partial charge in [0.25, 0.3) is 0 Å². The second-order valence-corrected chi connectivity index (χ2v) is 9.63. The van der Waals surface area contributed by atoms with Crippen molar-refractivity contribution in [1.29, 1.82) is 0 Å². The molecule has 0 fully saturated rings. The molecule has 0 saturated carbocycles. The minimum absolute atomic E-state index is 0.109. The zero-order valence-electron chi connectivity index (χ0n) is 17.7. The average molecular weight is 414 g/mol. The van der Waals surface area contributed by atoms with E-state index in [0.29, 0.717) is 6.04 Å². The molecule has 0 aliphatic heterocycles. The SMILES string of the molecule is CC(c1ccccc1C1C(c2ccccc2)=Cc2ccccc21)[N]([Ti])C(C)(C)C. The second-order valence-electron chi connectivity index (χ2n) is 8.87. The summed E-state index contributed by atoms with van der Waals surface area (Å²) in [6.07, 6.45) is 2.38. The van der Waals surface area contributed by atoms with Crippen LogP contribution in [0.2, 0.25) is 0 Å². The molecule has 4 rings (SSSR count). The van der Waals surface area contributed by atoms with Crippen molar-refractivity contribution in [2.75, 3.05) is 0 Å². The van der Waals surface area contributed by atoms with Gasteiger partial charge in [-0.25, -0.2) is 0 Å². The maximum absolute atomic E-state index is 2.47. The fraction of sp³-hybridized carbons (Fsp3) is 0.259. The molecule has 1 aliphatic carbocycles. The van der Waals surface area contributed by atoms with Crippen molar-refractivity contribution in [1.82, 2.24) is 3.38 Å². The molecule has 29 heavy (non-hydrogen) atoms. The fourth-order valence-electron chi connectivity index (χ4n) is 4.41. The van der Waals surface area contributed by atoms with Gasteiger partial charge in [0.05, 0.1) is 0 Å². The van der Waals surface area contributed by atoms with Crippen molar-refractivity contribution in [3.05, 3.63) is 107 Å². The van der Waals surface area contributed by atoms with Crippen LogP contribution in [0.4, 0.5) is 0 Å². The summed E-state index contributed by atoms with van der Waals surface area (Å²) in [4.78, 5) is 0. The van der Waals surface area contributed by atoms with E-state index in [-0.39, 0.29) is 11.5 Å². The van der Waals surface area contributed by atoms with Gasteiger partial charge in [0.2, 0.25) is 0 Å². The van der Waals surface area contributed by atoms with Crippen molar-refractivity contribution < 1.29 is 20.7 Å². The van der Waals surface area contributed by atoms with Crippen molar-refractivity contribution in [2.24, 2.45) is 0 Å². The quantitative estimate of drug-likeness (QED) is 0.416. The van der Waals surface area contributed by atoms with E-state index in [1.165, 1.54) is 33.4 Å². The van der Waals surface area contributed by atoms with Crippen LogP contribution in [-0.4, -0.2) is 8.92 Å². The molecule has 2 heteroatoms. The zero-order valence-corrected chi connectivity index (χ0v) is 19.2. The fourth-order valence-corrected chi connectivity index (χ4v) is 4.63. The third-order valence-electron chi connectivity index (χ3n) is 5.90. The molecule has 0 spiro atoms. The van der Waals surface area contributed by atoms with Crippen molar-refractivity contribution >= 4 is 11.6 Å². The third kappa shape index (κ3) is 3.92. The van der Waals surface area contributed by atoms with Crippen LogP contribution in [0, 0.1) is 0 Å². The number of hydrogen-bond donors (Lipinski definition) is 0. The van der Waals surface area contributed by atoms with Gasteiger partial charge in [-0.3, -0.25) is 0 Å². The van der Waals surface area contributed by atoms with Gasteiger partial charge >= 0.3 is 188 Å². The van der Waals surface area contributed by atoms with Crippen molar-refractivity contribution in [2.45, 2.75) is 45.2 Å². The Kier molecular flexibility index (Phi) is 5.66. The summed E-state index contributed by atoms with van der Waals surface area (Å²) < 4.78 is 2.47. The topological polar surface area (TPSA) is 3.24 Å². The van der Waals surface area contributed by atoms with Crippen LogP contribution in [0.1, 0.15) is 67.5 Å². The van der Waals surface area contributed by atoms with Crippen LogP contribution >= 0.6 is 0 Å². The Morgan fingerprint density at radius 1 is 0.793 bits per heavy atom. The Morgan fingerprint density at radius 2 is 1.38 bits per heavy atom. The number of nitrogens with zero attached hydrogens (tertiary/aromatic N) is 1. The van der Waals surface area contributed by atoms with Gasteiger partial charge in [-0.15, -0.1) is 0 Å². The normalized spacial score (nSPS) is 17.1. The summed E-state index contributed by atoms with van der Waals surface area (Å²) in [6.45, 7) is 9.18. The van der Waals surface area contributed by atoms with Crippen LogP contribution in [0.15, 0.2) is 78.9 Å². The molecule has 0 bridgehead atoms. The molecule has 145 valence electrons. The monoisotopic (exact) mass is 414 g/mol. The number of allylic oxidation sites excluding steroid dienone is 1. The predicted molar refractivity (Wildman–Crippen MR) is 119 cm³/mol. The molecule has 3 aromatic carbocycles. The summed E-state index contributed by atoms with van der Waals surface area (Å²) in [5.41, 5.74) is 8.38. The number of rotatable bonds is 4. The van der Waals surface area contributed by atoms with Crippen LogP contribution in [-0.2, 0) is 20.7 Å². The van der Waals surface area contributed by atoms with Gasteiger partial charge in [0, 0.05) is 0 Å². The zero-order chi connectivity index (χ0) is 20.6.